The average Bonchev–Trinajstić information content (AvgIpc) is 2.74. The van der Waals surface area contributed by atoms with Crippen molar-refractivity contribution in [1.29, 1.82) is 0 Å². The molecule has 7 nitrogen and oxygen atoms in total. The zero-order chi connectivity index (χ0) is 21.0. The third kappa shape index (κ3) is 5.06. The highest BCUT2D eigenvalue weighted by Crippen LogP contribution is 2.26. The van der Waals surface area contributed by atoms with Crippen LogP contribution in [0.1, 0.15) is 24.8 Å². The molecule has 1 fully saturated rings. The maximum absolute atomic E-state index is 12.4. The van der Waals surface area contributed by atoms with Crippen LogP contribution in [-0.2, 0) is 21.2 Å². The minimum atomic E-state index is -3.66. The van der Waals surface area contributed by atoms with Crippen LogP contribution < -0.4 is 10.6 Å². The molecule has 0 aliphatic carbocycles. The Hall–Kier alpha value is -2.71. The first kappa shape index (κ1) is 20.6. The Morgan fingerprint density at radius 3 is 2.53 bits per heavy atom. The SMILES string of the molecule is O=C(CCc1ccccc1)NC1CCN(CC2=NS(=O)(=O)c3ccccc3N2)CC1. The maximum atomic E-state index is 12.4. The summed E-state index contributed by atoms with van der Waals surface area (Å²) in [5, 5.41) is 6.27. The summed E-state index contributed by atoms with van der Waals surface area (Å²) in [4.78, 5) is 14.6. The number of nitrogens with zero attached hydrogens (tertiary/aromatic N) is 2. The van der Waals surface area contributed by atoms with Crippen molar-refractivity contribution in [3.8, 4) is 0 Å². The van der Waals surface area contributed by atoms with Gasteiger partial charge >= 0.3 is 0 Å². The van der Waals surface area contributed by atoms with Crippen molar-refractivity contribution in [2.45, 2.75) is 36.6 Å². The molecule has 2 aliphatic rings. The van der Waals surface area contributed by atoms with E-state index in [9.17, 15) is 13.2 Å². The number of nitrogens with one attached hydrogen (secondary N) is 2. The van der Waals surface area contributed by atoms with Crippen molar-refractivity contribution in [2.24, 2.45) is 4.40 Å². The topological polar surface area (TPSA) is 90.9 Å². The summed E-state index contributed by atoms with van der Waals surface area (Å²) in [5.74, 6) is 0.525. The summed E-state index contributed by atoms with van der Waals surface area (Å²) in [6.07, 6.45) is 2.91. The van der Waals surface area contributed by atoms with Gasteiger partial charge in [-0.15, -0.1) is 4.40 Å². The number of likely N-dealkylation sites (tertiary alicyclic amines) is 1. The summed E-state index contributed by atoms with van der Waals surface area (Å²) >= 11 is 0. The van der Waals surface area contributed by atoms with Gasteiger partial charge in [0, 0.05) is 25.6 Å². The van der Waals surface area contributed by atoms with Crippen LogP contribution in [0.3, 0.4) is 0 Å². The molecule has 0 spiro atoms. The molecule has 2 N–H and O–H groups in total. The number of sulfonamides is 1. The van der Waals surface area contributed by atoms with Gasteiger partial charge in [-0.3, -0.25) is 9.69 Å². The van der Waals surface area contributed by atoms with Gasteiger partial charge in [0.25, 0.3) is 10.0 Å². The van der Waals surface area contributed by atoms with Crippen LogP contribution in [0.2, 0.25) is 0 Å². The molecule has 0 aromatic heterocycles. The number of amides is 1. The Morgan fingerprint density at radius 2 is 1.77 bits per heavy atom. The molecule has 0 unspecified atom stereocenters. The summed E-state index contributed by atoms with van der Waals surface area (Å²) in [7, 11) is -3.66. The molecule has 0 saturated carbocycles. The molecule has 0 atom stereocenters. The maximum Gasteiger partial charge on any atom is 0.286 e. The monoisotopic (exact) mass is 426 g/mol. The zero-order valence-corrected chi connectivity index (χ0v) is 17.6. The predicted octanol–water partition coefficient (Wildman–Crippen LogP) is 2.41. The number of anilines is 1. The number of para-hydroxylation sites is 1. The van der Waals surface area contributed by atoms with Crippen LogP contribution in [0, 0.1) is 0 Å². The van der Waals surface area contributed by atoms with Crippen LogP contribution in [0.25, 0.3) is 0 Å². The molecule has 0 radical (unpaired) electrons. The lowest BCUT2D eigenvalue weighted by Gasteiger charge is -2.33. The summed E-state index contributed by atoms with van der Waals surface area (Å²) in [6.45, 7) is 2.01. The Bertz CT molecular complexity index is 1030. The van der Waals surface area contributed by atoms with Crippen molar-refractivity contribution in [3.05, 3.63) is 60.2 Å². The van der Waals surface area contributed by atoms with E-state index in [0.717, 1.165) is 32.4 Å². The largest absolute Gasteiger partial charge is 0.353 e. The molecular formula is C22H26N4O3S. The molecule has 2 aromatic rings. The highest BCUT2D eigenvalue weighted by atomic mass is 32.2. The molecule has 2 aliphatic heterocycles. The summed E-state index contributed by atoms with van der Waals surface area (Å²) < 4.78 is 28.7. The van der Waals surface area contributed by atoms with Gasteiger partial charge in [0.15, 0.2) is 0 Å². The van der Waals surface area contributed by atoms with Crippen LogP contribution in [0.4, 0.5) is 5.69 Å². The molecule has 4 rings (SSSR count). The third-order valence-electron chi connectivity index (χ3n) is 5.48. The minimum Gasteiger partial charge on any atom is -0.353 e. The number of carbonyl (C=O) groups is 1. The first-order valence-electron chi connectivity index (χ1n) is 10.3. The van der Waals surface area contributed by atoms with Crippen molar-refractivity contribution in [3.63, 3.8) is 0 Å². The van der Waals surface area contributed by atoms with Crippen LogP contribution in [0.5, 0.6) is 0 Å². The fraction of sp³-hybridized carbons (Fsp3) is 0.364. The van der Waals surface area contributed by atoms with Crippen molar-refractivity contribution in [1.82, 2.24) is 10.2 Å². The smallest absolute Gasteiger partial charge is 0.286 e. The van der Waals surface area contributed by atoms with E-state index in [0.29, 0.717) is 24.5 Å². The zero-order valence-electron chi connectivity index (χ0n) is 16.8. The summed E-state index contributed by atoms with van der Waals surface area (Å²) in [5.41, 5.74) is 1.74. The molecule has 1 amide bonds. The van der Waals surface area contributed by atoms with E-state index < -0.39 is 10.0 Å². The summed E-state index contributed by atoms with van der Waals surface area (Å²) in [6, 6.07) is 17.0. The molecule has 30 heavy (non-hydrogen) atoms. The number of hydrogen-bond acceptors (Lipinski definition) is 5. The van der Waals surface area contributed by atoms with Gasteiger partial charge in [-0.2, -0.15) is 8.42 Å². The Labute approximate surface area is 177 Å². The first-order chi connectivity index (χ1) is 14.5. The molecule has 1 saturated heterocycles. The Kier molecular flexibility index (Phi) is 6.15. The van der Waals surface area contributed by atoms with Gasteiger partial charge < -0.3 is 10.6 Å². The van der Waals surface area contributed by atoms with Gasteiger partial charge in [-0.1, -0.05) is 42.5 Å². The molecule has 2 heterocycles. The molecule has 158 valence electrons. The third-order valence-corrected chi connectivity index (χ3v) is 6.86. The second-order valence-electron chi connectivity index (χ2n) is 7.74. The van der Waals surface area contributed by atoms with Gasteiger partial charge in [0.2, 0.25) is 5.91 Å². The second kappa shape index (κ2) is 8.97. The lowest BCUT2D eigenvalue weighted by atomic mass is 10.0. The van der Waals surface area contributed by atoms with E-state index in [1.807, 2.05) is 30.3 Å². The van der Waals surface area contributed by atoms with Crippen LogP contribution in [-0.4, -0.2) is 50.7 Å². The molecular weight excluding hydrogens is 400 g/mol. The van der Waals surface area contributed by atoms with E-state index in [-0.39, 0.29) is 16.8 Å². The second-order valence-corrected chi connectivity index (χ2v) is 9.31. The van der Waals surface area contributed by atoms with Crippen molar-refractivity contribution >= 4 is 27.5 Å². The van der Waals surface area contributed by atoms with E-state index in [1.165, 1.54) is 5.56 Å². The lowest BCUT2D eigenvalue weighted by molar-refractivity contribution is -0.122. The van der Waals surface area contributed by atoms with E-state index in [4.69, 9.17) is 0 Å². The Balaban J connectivity index is 1.24. The van der Waals surface area contributed by atoms with E-state index in [2.05, 4.69) is 19.9 Å². The Morgan fingerprint density at radius 1 is 1.07 bits per heavy atom. The number of piperidine rings is 1. The van der Waals surface area contributed by atoms with Gasteiger partial charge in [0.1, 0.15) is 10.7 Å². The fourth-order valence-electron chi connectivity index (χ4n) is 3.89. The van der Waals surface area contributed by atoms with Crippen molar-refractivity contribution in [2.75, 3.05) is 25.0 Å². The van der Waals surface area contributed by atoms with E-state index >= 15 is 0 Å². The number of aryl methyl sites for hydroxylation is 1. The number of benzene rings is 2. The number of amidine groups is 1. The van der Waals surface area contributed by atoms with E-state index in [1.54, 1.807) is 24.3 Å². The fourth-order valence-corrected chi connectivity index (χ4v) is 5.02. The quantitative estimate of drug-likeness (QED) is 0.740. The average molecular weight is 427 g/mol. The number of rotatable bonds is 6. The van der Waals surface area contributed by atoms with Crippen LogP contribution in [0.15, 0.2) is 63.9 Å². The van der Waals surface area contributed by atoms with Crippen molar-refractivity contribution < 1.29 is 13.2 Å². The highest BCUT2D eigenvalue weighted by molar-refractivity contribution is 7.90. The minimum absolute atomic E-state index is 0.0818. The predicted molar refractivity (Wildman–Crippen MR) is 117 cm³/mol. The standard InChI is InChI=1S/C22H26N4O3S/c27-22(11-10-17-6-2-1-3-7-17)23-18-12-14-26(15-13-18)16-21-24-19-8-4-5-9-20(19)30(28,29)25-21/h1-9,18H,10-16H2,(H,23,27)(H,24,25). The molecule has 8 heteroatoms. The number of fused-ring (bicyclic) bond motifs is 1. The van der Waals surface area contributed by atoms with Gasteiger partial charge in [0.05, 0.1) is 12.2 Å². The lowest BCUT2D eigenvalue weighted by Crippen LogP contribution is -2.47. The molecule has 0 bridgehead atoms. The highest BCUT2D eigenvalue weighted by Gasteiger charge is 2.27. The first-order valence-corrected chi connectivity index (χ1v) is 11.7. The number of carbonyl (C=O) groups excluding carboxylic acids is 1. The normalized spacial score (nSPS) is 18.7. The van der Waals surface area contributed by atoms with Gasteiger partial charge in [-0.25, -0.2) is 0 Å². The van der Waals surface area contributed by atoms with Crippen LogP contribution >= 0.6 is 0 Å². The van der Waals surface area contributed by atoms with Gasteiger partial charge in [-0.05, 0) is 37.0 Å². The molecule has 2 aromatic carbocycles. The number of hydrogen-bond donors (Lipinski definition) is 2.